The molecule has 2 aromatic heterocycles. The largest absolute Gasteiger partial charge is 0.433 e. The number of aromatic nitrogens is 4. The fraction of sp³-hybridized carbons (Fsp3) is 0.0385. The van der Waals surface area contributed by atoms with Gasteiger partial charge < -0.3 is 0 Å². The Kier molecular flexibility index (Phi) is 6.72. The van der Waals surface area contributed by atoms with Gasteiger partial charge in [-0.1, -0.05) is 98.1 Å². The maximum Gasteiger partial charge on any atom is 0.433 e. The molecule has 0 unspecified atom stereocenters. The topological polar surface area (TPSA) is 43.6 Å². The van der Waals surface area contributed by atoms with Crippen LogP contribution >= 0.6 is 43.5 Å². The lowest BCUT2D eigenvalue weighted by atomic mass is 10.1. The van der Waals surface area contributed by atoms with E-state index in [1.807, 2.05) is 36.4 Å². The van der Waals surface area contributed by atoms with Gasteiger partial charge in [0.05, 0.1) is 16.4 Å². The average molecular weight is 635 g/mol. The highest BCUT2D eigenvalue weighted by Crippen LogP contribution is 2.39. The summed E-state index contributed by atoms with van der Waals surface area (Å²) in [6, 6.07) is 24.0. The summed E-state index contributed by atoms with van der Waals surface area (Å²) < 4.78 is 44.6. The van der Waals surface area contributed by atoms with Crippen molar-refractivity contribution in [2.45, 2.75) is 6.18 Å². The van der Waals surface area contributed by atoms with Crippen LogP contribution in [0.2, 0.25) is 5.02 Å². The lowest BCUT2D eigenvalue weighted by Crippen LogP contribution is -2.14. The van der Waals surface area contributed by atoms with Crippen molar-refractivity contribution in [3.63, 3.8) is 0 Å². The van der Waals surface area contributed by atoms with Gasteiger partial charge in [0.25, 0.3) is 5.95 Å². The SMILES string of the molecule is FC(F)(F)c1cc(-c2ccccc2)nc(-n2nc(-c3ccc(Br)cc3)c(Cl)c2-c2ccc(Br)cc2)n1. The lowest BCUT2D eigenvalue weighted by molar-refractivity contribution is -0.141. The van der Waals surface area contributed by atoms with Crippen molar-refractivity contribution >= 4 is 43.5 Å². The Bertz CT molecular complexity index is 1540. The van der Waals surface area contributed by atoms with Crippen LogP contribution < -0.4 is 0 Å². The molecule has 0 atom stereocenters. The first-order valence-corrected chi connectivity index (χ1v) is 12.5. The van der Waals surface area contributed by atoms with Gasteiger partial charge in [-0.15, -0.1) is 0 Å². The summed E-state index contributed by atoms with van der Waals surface area (Å²) in [6.45, 7) is 0. The number of nitrogens with zero attached hydrogens (tertiary/aromatic N) is 4. The molecule has 0 radical (unpaired) electrons. The maximum atomic E-state index is 13.9. The van der Waals surface area contributed by atoms with Crippen molar-refractivity contribution in [2.75, 3.05) is 0 Å². The molecule has 0 aliphatic carbocycles. The van der Waals surface area contributed by atoms with Crippen molar-refractivity contribution in [1.82, 2.24) is 19.7 Å². The Balaban J connectivity index is 1.79. The number of hydrogen-bond acceptors (Lipinski definition) is 3. The predicted octanol–water partition coefficient (Wildman–Crippen LogP) is 8.86. The lowest BCUT2D eigenvalue weighted by Gasteiger charge is -2.12. The summed E-state index contributed by atoms with van der Waals surface area (Å²) >= 11 is 13.6. The second-order valence-corrected chi connectivity index (χ2v) is 9.95. The standard InChI is InChI=1S/C26H14Br2ClF3N4/c27-18-10-6-16(7-11-18)23-22(29)24(17-8-12-19(28)13-9-17)36(35-23)25-33-20(15-4-2-1-3-5-15)14-21(34-25)26(30,31)32/h1-14H. The normalized spacial score (nSPS) is 11.6. The second-order valence-electron chi connectivity index (χ2n) is 7.74. The van der Waals surface area contributed by atoms with Crippen molar-refractivity contribution < 1.29 is 13.2 Å². The molecule has 5 rings (SSSR count). The van der Waals surface area contributed by atoms with Crippen molar-refractivity contribution in [3.05, 3.63) is 105 Å². The van der Waals surface area contributed by atoms with E-state index in [1.54, 1.807) is 42.5 Å². The smallest absolute Gasteiger partial charge is 0.211 e. The van der Waals surface area contributed by atoms with E-state index in [1.165, 1.54) is 4.68 Å². The van der Waals surface area contributed by atoms with Crippen molar-refractivity contribution in [2.24, 2.45) is 0 Å². The summed E-state index contributed by atoms with van der Waals surface area (Å²) in [6.07, 6.45) is -4.69. The third kappa shape index (κ3) is 4.96. The molecule has 0 aliphatic rings. The molecule has 0 N–H and O–H groups in total. The summed E-state index contributed by atoms with van der Waals surface area (Å²) in [7, 11) is 0. The molecule has 0 saturated heterocycles. The number of rotatable bonds is 4. The number of halogens is 6. The molecular weight excluding hydrogens is 621 g/mol. The van der Waals surface area contributed by atoms with E-state index in [-0.39, 0.29) is 16.7 Å². The van der Waals surface area contributed by atoms with Gasteiger partial charge in [0.2, 0.25) is 0 Å². The van der Waals surface area contributed by atoms with Gasteiger partial charge in [-0.25, -0.2) is 9.97 Å². The zero-order valence-corrected chi connectivity index (χ0v) is 22.1. The first kappa shape index (κ1) is 24.7. The molecule has 3 aromatic carbocycles. The molecule has 0 spiro atoms. The fourth-order valence-electron chi connectivity index (χ4n) is 3.62. The van der Waals surface area contributed by atoms with E-state index in [0.717, 1.165) is 15.0 Å². The molecule has 36 heavy (non-hydrogen) atoms. The van der Waals surface area contributed by atoms with E-state index in [4.69, 9.17) is 11.6 Å². The van der Waals surface area contributed by atoms with E-state index in [0.29, 0.717) is 28.1 Å². The molecule has 0 bridgehead atoms. The van der Waals surface area contributed by atoms with Gasteiger partial charge in [-0.3, -0.25) is 0 Å². The van der Waals surface area contributed by atoms with Gasteiger partial charge in [0, 0.05) is 25.6 Å². The molecule has 180 valence electrons. The van der Waals surface area contributed by atoms with E-state index in [2.05, 4.69) is 46.9 Å². The number of benzene rings is 3. The molecule has 2 heterocycles. The summed E-state index contributed by atoms with van der Waals surface area (Å²) in [5, 5.41) is 4.87. The zero-order valence-electron chi connectivity index (χ0n) is 18.1. The highest BCUT2D eigenvalue weighted by molar-refractivity contribution is 9.10. The van der Waals surface area contributed by atoms with Crippen molar-refractivity contribution in [3.8, 4) is 39.7 Å². The average Bonchev–Trinajstić information content (AvgIpc) is 3.22. The molecule has 4 nitrogen and oxygen atoms in total. The summed E-state index contributed by atoms with van der Waals surface area (Å²) in [5.74, 6) is -0.244. The Morgan fingerprint density at radius 2 is 1.31 bits per heavy atom. The van der Waals surface area contributed by atoms with E-state index < -0.39 is 11.9 Å². The number of hydrogen-bond donors (Lipinski definition) is 0. The van der Waals surface area contributed by atoms with Gasteiger partial charge in [0.1, 0.15) is 5.69 Å². The summed E-state index contributed by atoms with van der Waals surface area (Å²) in [5.41, 5.74) is 1.65. The van der Waals surface area contributed by atoms with E-state index >= 15 is 0 Å². The molecule has 0 fully saturated rings. The quantitative estimate of drug-likeness (QED) is 0.198. The monoisotopic (exact) mass is 632 g/mol. The Labute approximate surface area is 226 Å². The van der Waals surface area contributed by atoms with E-state index in [9.17, 15) is 13.2 Å². The van der Waals surface area contributed by atoms with Crippen LogP contribution in [0.15, 0.2) is 93.9 Å². The Hall–Kier alpha value is -3.01. The molecule has 0 saturated carbocycles. The number of alkyl halides is 3. The first-order chi connectivity index (χ1) is 17.2. The van der Waals surface area contributed by atoms with Crippen LogP contribution in [0, 0.1) is 0 Å². The van der Waals surface area contributed by atoms with Crippen LogP contribution in [0.25, 0.3) is 39.7 Å². The van der Waals surface area contributed by atoms with Crippen LogP contribution in [-0.2, 0) is 6.18 Å². The summed E-state index contributed by atoms with van der Waals surface area (Å²) in [4.78, 5) is 8.32. The second kappa shape index (κ2) is 9.80. The van der Waals surface area contributed by atoms with Gasteiger partial charge >= 0.3 is 6.18 Å². The van der Waals surface area contributed by atoms with Crippen LogP contribution in [0.1, 0.15) is 5.69 Å². The van der Waals surface area contributed by atoms with Crippen LogP contribution in [0.3, 0.4) is 0 Å². The first-order valence-electron chi connectivity index (χ1n) is 10.5. The zero-order chi connectivity index (χ0) is 25.4. The highest BCUT2D eigenvalue weighted by Gasteiger charge is 2.34. The molecule has 0 amide bonds. The minimum atomic E-state index is -4.69. The van der Waals surface area contributed by atoms with Crippen LogP contribution in [0.4, 0.5) is 13.2 Å². The third-order valence-corrected chi connectivity index (χ3v) is 6.74. The molecule has 0 aliphatic heterocycles. The van der Waals surface area contributed by atoms with Crippen LogP contribution in [0.5, 0.6) is 0 Å². The van der Waals surface area contributed by atoms with Gasteiger partial charge in [-0.05, 0) is 30.3 Å². The van der Waals surface area contributed by atoms with Gasteiger partial charge in [0.15, 0.2) is 5.69 Å². The maximum absolute atomic E-state index is 13.9. The van der Waals surface area contributed by atoms with Gasteiger partial charge in [-0.2, -0.15) is 23.0 Å². The Morgan fingerprint density at radius 3 is 1.89 bits per heavy atom. The fourth-order valence-corrected chi connectivity index (χ4v) is 4.49. The van der Waals surface area contributed by atoms with Crippen molar-refractivity contribution in [1.29, 1.82) is 0 Å². The molecular formula is C26H14Br2ClF3N4. The highest BCUT2D eigenvalue weighted by atomic mass is 79.9. The third-order valence-electron chi connectivity index (χ3n) is 5.33. The minimum Gasteiger partial charge on any atom is -0.211 e. The Morgan fingerprint density at radius 1 is 0.722 bits per heavy atom. The molecule has 10 heteroatoms. The minimum absolute atomic E-state index is 0.117. The predicted molar refractivity (Wildman–Crippen MR) is 141 cm³/mol. The van der Waals surface area contributed by atoms with Crippen LogP contribution in [-0.4, -0.2) is 19.7 Å². The molecule has 5 aromatic rings.